The summed E-state index contributed by atoms with van der Waals surface area (Å²) in [6.45, 7) is 2.59. The van der Waals surface area contributed by atoms with E-state index >= 15 is 0 Å². The van der Waals surface area contributed by atoms with Crippen molar-refractivity contribution in [1.82, 2.24) is 4.90 Å². The van der Waals surface area contributed by atoms with Gasteiger partial charge in [-0.15, -0.1) is 0 Å². The molecule has 0 N–H and O–H groups in total. The minimum atomic E-state index is -0.393. The SMILES string of the molecule is CCOc1cc(/C=C2/SC(=O)N(Cc3ccc(Cl)c(Cl)c3)C2=O)cc(Br)c1OCc1ccc(Cl)c(Cl)c1. The number of imide groups is 1. The van der Waals surface area contributed by atoms with Crippen molar-refractivity contribution in [3.63, 3.8) is 0 Å². The standard InChI is InChI=1S/C26H18BrCl4NO4S/c1-2-35-22-10-16(7-17(27)24(22)36-13-15-4-6-19(29)21(31)9-15)11-23-25(33)32(26(34)37-23)12-14-3-5-18(28)20(30)8-14/h3-11H,2,12-13H2,1H3/b23-11+. The maximum Gasteiger partial charge on any atom is 0.293 e. The largest absolute Gasteiger partial charge is 0.490 e. The molecule has 0 aromatic heterocycles. The van der Waals surface area contributed by atoms with E-state index in [0.29, 0.717) is 58.7 Å². The van der Waals surface area contributed by atoms with Gasteiger partial charge >= 0.3 is 0 Å². The molecule has 3 aromatic rings. The summed E-state index contributed by atoms with van der Waals surface area (Å²) >= 11 is 28.5. The zero-order valence-corrected chi connectivity index (χ0v) is 24.6. The first-order valence-corrected chi connectivity index (χ1v) is 14.0. The fourth-order valence-electron chi connectivity index (χ4n) is 3.47. The molecule has 1 saturated heterocycles. The maximum absolute atomic E-state index is 13.0. The van der Waals surface area contributed by atoms with Crippen molar-refractivity contribution in [2.45, 2.75) is 20.1 Å². The molecule has 1 fully saturated rings. The van der Waals surface area contributed by atoms with E-state index in [2.05, 4.69) is 15.9 Å². The second-order valence-electron chi connectivity index (χ2n) is 7.82. The van der Waals surface area contributed by atoms with Gasteiger partial charge in [0.05, 0.1) is 42.6 Å². The highest BCUT2D eigenvalue weighted by Gasteiger charge is 2.35. The number of thioether (sulfide) groups is 1. The second kappa shape index (κ2) is 12.3. The molecule has 0 spiro atoms. The number of nitrogens with zero attached hydrogens (tertiary/aromatic N) is 1. The minimum Gasteiger partial charge on any atom is -0.490 e. The van der Waals surface area contributed by atoms with Crippen LogP contribution in [0.15, 0.2) is 57.9 Å². The Morgan fingerprint density at radius 1 is 0.892 bits per heavy atom. The maximum atomic E-state index is 13.0. The summed E-state index contributed by atoms with van der Waals surface area (Å²) in [5.41, 5.74) is 2.20. The smallest absolute Gasteiger partial charge is 0.293 e. The van der Waals surface area contributed by atoms with Crippen LogP contribution in [0.5, 0.6) is 11.5 Å². The number of carbonyl (C=O) groups excluding carboxylic acids is 2. The molecule has 11 heteroatoms. The number of amides is 2. The Morgan fingerprint density at radius 2 is 1.54 bits per heavy atom. The average Bonchev–Trinajstić information content (AvgIpc) is 3.10. The molecule has 0 aliphatic carbocycles. The van der Waals surface area contributed by atoms with Crippen LogP contribution in [-0.4, -0.2) is 22.7 Å². The Bertz CT molecular complexity index is 1420. The van der Waals surface area contributed by atoms with Crippen LogP contribution in [-0.2, 0) is 17.9 Å². The molecule has 1 heterocycles. The van der Waals surface area contributed by atoms with Crippen LogP contribution in [0.1, 0.15) is 23.6 Å². The lowest BCUT2D eigenvalue weighted by Crippen LogP contribution is -2.27. The molecule has 0 saturated carbocycles. The Labute approximate surface area is 246 Å². The molecular formula is C26H18BrCl4NO4S. The summed E-state index contributed by atoms with van der Waals surface area (Å²) in [5, 5.41) is 1.30. The summed E-state index contributed by atoms with van der Waals surface area (Å²) in [6.07, 6.45) is 1.65. The molecule has 4 rings (SSSR count). The van der Waals surface area contributed by atoms with Crippen molar-refractivity contribution >= 4 is 91.3 Å². The Kier molecular flexibility index (Phi) is 9.38. The molecular weight excluding hydrogens is 644 g/mol. The zero-order chi connectivity index (χ0) is 26.7. The summed E-state index contributed by atoms with van der Waals surface area (Å²) in [6, 6.07) is 13.8. The van der Waals surface area contributed by atoms with E-state index in [0.717, 1.165) is 17.3 Å². The molecule has 5 nitrogen and oxygen atoms in total. The predicted molar refractivity (Wildman–Crippen MR) is 154 cm³/mol. The van der Waals surface area contributed by atoms with Gasteiger partial charge in [-0.1, -0.05) is 58.5 Å². The van der Waals surface area contributed by atoms with E-state index in [9.17, 15) is 9.59 Å². The normalized spacial score (nSPS) is 14.5. The summed E-state index contributed by atoms with van der Waals surface area (Å²) in [4.78, 5) is 27.1. The summed E-state index contributed by atoms with van der Waals surface area (Å²) < 4.78 is 12.4. The van der Waals surface area contributed by atoms with Gasteiger partial charge in [0.2, 0.25) is 0 Å². The highest BCUT2D eigenvalue weighted by atomic mass is 79.9. The van der Waals surface area contributed by atoms with Crippen LogP contribution < -0.4 is 9.47 Å². The van der Waals surface area contributed by atoms with Gasteiger partial charge in [0.15, 0.2) is 11.5 Å². The molecule has 0 radical (unpaired) electrons. The minimum absolute atomic E-state index is 0.0915. The van der Waals surface area contributed by atoms with Crippen molar-refractivity contribution in [1.29, 1.82) is 0 Å². The summed E-state index contributed by atoms with van der Waals surface area (Å²) in [5.74, 6) is 0.589. The van der Waals surface area contributed by atoms with E-state index in [4.69, 9.17) is 55.9 Å². The second-order valence-corrected chi connectivity index (χ2v) is 11.3. The number of carbonyl (C=O) groups is 2. The van der Waals surface area contributed by atoms with Gasteiger partial charge in [-0.2, -0.15) is 0 Å². The predicted octanol–water partition coefficient (Wildman–Crippen LogP) is 9.28. The highest BCUT2D eigenvalue weighted by Crippen LogP contribution is 2.40. The van der Waals surface area contributed by atoms with E-state index in [1.54, 1.807) is 48.5 Å². The van der Waals surface area contributed by atoms with Gasteiger partial charge < -0.3 is 9.47 Å². The fourth-order valence-corrected chi connectivity index (χ4v) is 5.52. The van der Waals surface area contributed by atoms with Crippen LogP contribution >= 0.6 is 74.1 Å². The lowest BCUT2D eigenvalue weighted by molar-refractivity contribution is -0.123. The first-order valence-electron chi connectivity index (χ1n) is 10.9. The summed E-state index contributed by atoms with van der Waals surface area (Å²) in [7, 11) is 0. The molecule has 3 aromatic carbocycles. The monoisotopic (exact) mass is 659 g/mol. The first kappa shape index (κ1) is 28.1. The molecule has 192 valence electrons. The van der Waals surface area contributed by atoms with Crippen molar-refractivity contribution in [2.75, 3.05) is 6.61 Å². The molecule has 1 aliphatic heterocycles. The lowest BCUT2D eigenvalue weighted by Gasteiger charge is -2.15. The number of halogens is 5. The molecule has 0 bridgehead atoms. The third-order valence-electron chi connectivity index (χ3n) is 5.19. The van der Waals surface area contributed by atoms with Crippen LogP contribution in [0.25, 0.3) is 6.08 Å². The van der Waals surface area contributed by atoms with Crippen LogP contribution in [0, 0.1) is 0 Å². The number of benzene rings is 3. The van der Waals surface area contributed by atoms with Gasteiger partial charge in [-0.25, -0.2) is 0 Å². The van der Waals surface area contributed by atoms with Crippen LogP contribution in [0.3, 0.4) is 0 Å². The van der Waals surface area contributed by atoms with Crippen molar-refractivity contribution < 1.29 is 19.1 Å². The van der Waals surface area contributed by atoms with Crippen molar-refractivity contribution in [3.8, 4) is 11.5 Å². The number of hydrogen-bond acceptors (Lipinski definition) is 5. The van der Waals surface area contributed by atoms with Crippen LogP contribution in [0.4, 0.5) is 4.79 Å². The Morgan fingerprint density at radius 3 is 2.19 bits per heavy atom. The van der Waals surface area contributed by atoms with E-state index in [1.807, 2.05) is 13.0 Å². The van der Waals surface area contributed by atoms with Gasteiger partial charge in [-0.05, 0) is 93.8 Å². The van der Waals surface area contributed by atoms with Gasteiger partial charge in [0, 0.05) is 0 Å². The van der Waals surface area contributed by atoms with Crippen LogP contribution in [0.2, 0.25) is 20.1 Å². The zero-order valence-electron chi connectivity index (χ0n) is 19.2. The van der Waals surface area contributed by atoms with Gasteiger partial charge in [0.25, 0.3) is 11.1 Å². The molecule has 37 heavy (non-hydrogen) atoms. The number of hydrogen-bond donors (Lipinski definition) is 0. The highest BCUT2D eigenvalue weighted by molar-refractivity contribution is 9.10. The van der Waals surface area contributed by atoms with Gasteiger partial charge in [0.1, 0.15) is 6.61 Å². The topological polar surface area (TPSA) is 55.8 Å². The first-order chi connectivity index (χ1) is 17.7. The van der Waals surface area contributed by atoms with Gasteiger partial charge in [-0.3, -0.25) is 14.5 Å². The fraction of sp³-hybridized carbons (Fsp3) is 0.154. The lowest BCUT2D eigenvalue weighted by atomic mass is 10.1. The van der Waals surface area contributed by atoms with Crippen molar-refractivity contribution in [3.05, 3.63) is 94.7 Å². The third-order valence-corrected chi connectivity index (χ3v) is 8.17. The number of rotatable bonds is 8. The average molecular weight is 662 g/mol. The Hall–Kier alpha value is -1.87. The molecule has 0 unspecified atom stereocenters. The number of ether oxygens (including phenoxy) is 2. The third kappa shape index (κ3) is 6.77. The molecule has 0 atom stereocenters. The molecule has 2 amide bonds. The Balaban J connectivity index is 1.55. The van der Waals surface area contributed by atoms with E-state index < -0.39 is 5.91 Å². The van der Waals surface area contributed by atoms with Crippen molar-refractivity contribution in [2.24, 2.45) is 0 Å². The van der Waals surface area contributed by atoms with E-state index in [1.165, 1.54) is 4.90 Å². The molecule has 1 aliphatic rings. The quantitative estimate of drug-likeness (QED) is 0.225. The van der Waals surface area contributed by atoms with E-state index in [-0.39, 0.29) is 18.4 Å².